The van der Waals surface area contributed by atoms with Gasteiger partial charge < -0.3 is 9.64 Å². The molecule has 5 rings (SSSR count). The highest BCUT2D eigenvalue weighted by Gasteiger charge is 2.40. The number of nitrogens with zero attached hydrogens (tertiary/aromatic N) is 1. The number of carbonyl (C=O) groups is 1. The minimum absolute atomic E-state index is 0.150. The molecule has 2 aromatic rings. The first-order valence-electron chi connectivity index (χ1n) is 11.6. The number of anilines is 1. The Bertz CT molecular complexity index is 1150. The molecule has 32 heavy (non-hydrogen) atoms. The van der Waals surface area contributed by atoms with Crippen molar-refractivity contribution in [1.29, 1.82) is 0 Å². The Labute approximate surface area is 190 Å². The van der Waals surface area contributed by atoms with E-state index in [2.05, 4.69) is 18.6 Å². The molecule has 1 atom stereocenters. The Morgan fingerprint density at radius 3 is 2.62 bits per heavy atom. The van der Waals surface area contributed by atoms with Crippen molar-refractivity contribution < 1.29 is 17.9 Å². The largest absolute Gasteiger partial charge is 0.487 e. The van der Waals surface area contributed by atoms with Gasteiger partial charge in [0.15, 0.2) is 0 Å². The van der Waals surface area contributed by atoms with Crippen LogP contribution >= 0.6 is 0 Å². The van der Waals surface area contributed by atoms with E-state index < -0.39 is 10.0 Å². The van der Waals surface area contributed by atoms with E-state index in [1.54, 1.807) is 18.2 Å². The van der Waals surface area contributed by atoms with Crippen molar-refractivity contribution in [3.05, 3.63) is 53.6 Å². The van der Waals surface area contributed by atoms with Crippen LogP contribution in [0.5, 0.6) is 5.75 Å². The van der Waals surface area contributed by atoms with E-state index in [9.17, 15) is 13.2 Å². The topological polar surface area (TPSA) is 75.7 Å². The zero-order valence-electron chi connectivity index (χ0n) is 18.6. The number of hydrogen-bond donors (Lipinski definition) is 1. The summed E-state index contributed by atoms with van der Waals surface area (Å²) in [4.78, 5) is 14.6. The molecule has 1 N–H and O–H groups in total. The summed E-state index contributed by atoms with van der Waals surface area (Å²) in [6, 6.07) is 12.5. The minimum atomic E-state index is -3.74. The molecule has 7 heteroatoms. The monoisotopic (exact) mass is 454 g/mol. The first kappa shape index (κ1) is 21.5. The maximum Gasteiger partial charge on any atom is 0.241 e. The Morgan fingerprint density at radius 1 is 1.16 bits per heavy atom. The molecule has 2 aliphatic heterocycles. The lowest BCUT2D eigenvalue weighted by Gasteiger charge is -2.41. The van der Waals surface area contributed by atoms with E-state index in [4.69, 9.17) is 4.74 Å². The third-order valence-electron chi connectivity index (χ3n) is 7.23. The maximum atomic E-state index is 13.4. The smallest absolute Gasteiger partial charge is 0.241 e. The van der Waals surface area contributed by atoms with Gasteiger partial charge in [0.1, 0.15) is 11.4 Å². The van der Waals surface area contributed by atoms with Crippen LogP contribution in [0.15, 0.2) is 47.4 Å². The molecule has 0 saturated heterocycles. The first-order valence-corrected chi connectivity index (χ1v) is 13.1. The lowest BCUT2D eigenvalue weighted by Crippen LogP contribution is -2.44. The number of hydrogen-bond acceptors (Lipinski definition) is 4. The number of fused-ring (bicyclic) bond motifs is 2. The third kappa shape index (κ3) is 3.71. The number of ether oxygens (including phenoxy) is 1. The van der Waals surface area contributed by atoms with Crippen LogP contribution < -0.4 is 14.4 Å². The molecule has 1 saturated carbocycles. The van der Waals surface area contributed by atoms with E-state index in [0.717, 1.165) is 48.2 Å². The summed E-state index contributed by atoms with van der Waals surface area (Å²) in [5.41, 5.74) is 2.26. The maximum absolute atomic E-state index is 13.4. The Morgan fingerprint density at radius 2 is 1.91 bits per heavy atom. The van der Waals surface area contributed by atoms with Crippen LogP contribution in [0.2, 0.25) is 0 Å². The predicted molar refractivity (Wildman–Crippen MR) is 123 cm³/mol. The van der Waals surface area contributed by atoms with E-state index in [0.29, 0.717) is 19.4 Å². The zero-order chi connectivity index (χ0) is 22.5. The molecule has 0 aromatic heterocycles. The highest BCUT2D eigenvalue weighted by Crippen LogP contribution is 2.43. The highest BCUT2D eigenvalue weighted by molar-refractivity contribution is 7.89. The normalized spacial score (nSPS) is 21.6. The van der Waals surface area contributed by atoms with Crippen molar-refractivity contribution in [2.45, 2.75) is 68.9 Å². The van der Waals surface area contributed by atoms with Crippen LogP contribution in [-0.2, 0) is 21.2 Å². The quantitative estimate of drug-likeness (QED) is 0.704. The number of rotatable bonds is 6. The van der Waals surface area contributed by atoms with Gasteiger partial charge in [-0.15, -0.1) is 0 Å². The van der Waals surface area contributed by atoms with Crippen molar-refractivity contribution in [1.82, 2.24) is 4.72 Å². The molecule has 1 fully saturated rings. The Kier molecular flexibility index (Phi) is 5.29. The fourth-order valence-corrected chi connectivity index (χ4v) is 6.25. The lowest BCUT2D eigenvalue weighted by molar-refractivity contribution is -0.119. The van der Waals surface area contributed by atoms with Gasteiger partial charge in [-0.25, -0.2) is 13.1 Å². The standard InChI is InChI=1S/C25H30N2O4S/c1-3-25(4-2)16-21(20-7-5-6-8-23(20)31-25)26-32(29,30)19-11-12-22-18(15-19)13-14-27(22)24(28)17-9-10-17/h5-8,11-12,15,17,21,26H,3-4,9-10,13-14,16H2,1-2H3. The third-order valence-corrected chi connectivity index (χ3v) is 8.70. The molecule has 0 spiro atoms. The summed E-state index contributed by atoms with van der Waals surface area (Å²) in [7, 11) is -3.74. The number of nitrogens with one attached hydrogen (secondary N) is 1. The van der Waals surface area contributed by atoms with Crippen LogP contribution in [0.3, 0.4) is 0 Å². The molecule has 2 aromatic carbocycles. The molecule has 0 bridgehead atoms. The fourth-order valence-electron chi connectivity index (χ4n) is 4.99. The van der Waals surface area contributed by atoms with Crippen molar-refractivity contribution in [3.8, 4) is 5.75 Å². The molecule has 1 aliphatic carbocycles. The first-order chi connectivity index (χ1) is 15.4. The predicted octanol–water partition coefficient (Wildman–Crippen LogP) is 4.35. The SMILES string of the molecule is CCC1(CC)CC(NS(=O)(=O)c2ccc3c(c2)CCN3C(=O)C2CC2)c2ccccc2O1. The van der Waals surface area contributed by atoms with Crippen molar-refractivity contribution in [2.24, 2.45) is 5.92 Å². The van der Waals surface area contributed by atoms with Crippen LogP contribution in [0.25, 0.3) is 0 Å². The van der Waals surface area contributed by atoms with Gasteiger partial charge in [0, 0.05) is 30.1 Å². The van der Waals surface area contributed by atoms with Gasteiger partial charge in [0.2, 0.25) is 15.9 Å². The highest BCUT2D eigenvalue weighted by atomic mass is 32.2. The van der Waals surface area contributed by atoms with Gasteiger partial charge in [-0.05, 0) is 61.9 Å². The average Bonchev–Trinajstić information content (AvgIpc) is 3.57. The molecule has 0 radical (unpaired) electrons. The summed E-state index contributed by atoms with van der Waals surface area (Å²) >= 11 is 0. The number of sulfonamides is 1. The van der Waals surface area contributed by atoms with Gasteiger partial charge >= 0.3 is 0 Å². The van der Waals surface area contributed by atoms with E-state index in [1.165, 1.54) is 0 Å². The van der Waals surface area contributed by atoms with E-state index >= 15 is 0 Å². The van der Waals surface area contributed by atoms with E-state index in [-0.39, 0.29) is 28.4 Å². The zero-order valence-corrected chi connectivity index (χ0v) is 19.5. The van der Waals surface area contributed by atoms with Crippen molar-refractivity contribution >= 4 is 21.6 Å². The summed E-state index contributed by atoms with van der Waals surface area (Å²) in [5, 5.41) is 0. The summed E-state index contributed by atoms with van der Waals surface area (Å²) in [6.07, 6.45) is 4.81. The molecule has 1 unspecified atom stereocenters. The second kappa shape index (κ2) is 7.89. The molecule has 3 aliphatic rings. The van der Waals surface area contributed by atoms with Crippen LogP contribution in [0.1, 0.15) is 63.1 Å². The van der Waals surface area contributed by atoms with Gasteiger partial charge in [0.05, 0.1) is 10.9 Å². The molecular weight excluding hydrogens is 424 g/mol. The summed E-state index contributed by atoms with van der Waals surface area (Å²) < 4.78 is 36.1. The summed E-state index contributed by atoms with van der Waals surface area (Å²) in [5.74, 6) is 1.07. The van der Waals surface area contributed by atoms with Gasteiger partial charge in [-0.3, -0.25) is 4.79 Å². The number of amides is 1. The van der Waals surface area contributed by atoms with Gasteiger partial charge in [-0.2, -0.15) is 0 Å². The van der Waals surface area contributed by atoms with Crippen LogP contribution in [0.4, 0.5) is 5.69 Å². The number of benzene rings is 2. The lowest BCUT2D eigenvalue weighted by atomic mass is 9.84. The minimum Gasteiger partial charge on any atom is -0.487 e. The second-order valence-electron chi connectivity index (χ2n) is 9.21. The molecule has 170 valence electrons. The van der Waals surface area contributed by atoms with Crippen LogP contribution in [0, 0.1) is 5.92 Å². The molecule has 6 nitrogen and oxygen atoms in total. The number of carbonyl (C=O) groups excluding carboxylic acids is 1. The Balaban J connectivity index is 1.43. The van der Waals surface area contributed by atoms with Crippen LogP contribution in [-0.4, -0.2) is 26.5 Å². The fraction of sp³-hybridized carbons (Fsp3) is 0.480. The number of para-hydroxylation sites is 1. The molecule has 2 heterocycles. The van der Waals surface area contributed by atoms with Gasteiger partial charge in [0.25, 0.3) is 0 Å². The molecule has 1 amide bonds. The summed E-state index contributed by atoms with van der Waals surface area (Å²) in [6.45, 7) is 4.79. The average molecular weight is 455 g/mol. The van der Waals surface area contributed by atoms with Crippen molar-refractivity contribution in [2.75, 3.05) is 11.4 Å². The van der Waals surface area contributed by atoms with Gasteiger partial charge in [-0.1, -0.05) is 32.0 Å². The van der Waals surface area contributed by atoms with E-state index in [1.807, 2.05) is 29.2 Å². The Hall–Kier alpha value is -2.38. The second-order valence-corrected chi connectivity index (χ2v) is 10.9. The molecular formula is C25H30N2O4S. The van der Waals surface area contributed by atoms with Crippen molar-refractivity contribution in [3.63, 3.8) is 0 Å².